The van der Waals surface area contributed by atoms with Crippen molar-refractivity contribution in [2.45, 2.75) is 65.6 Å². The second-order valence-corrected chi connectivity index (χ2v) is 6.97. The lowest BCUT2D eigenvalue weighted by Gasteiger charge is -2.52. The lowest BCUT2D eigenvalue weighted by molar-refractivity contribution is -0.226. The molecule has 1 nitrogen and oxygen atoms in total. The molecule has 0 heterocycles. The third-order valence-corrected chi connectivity index (χ3v) is 3.58. The third kappa shape index (κ3) is 3.15. The van der Waals surface area contributed by atoms with Gasteiger partial charge in [-0.2, -0.15) is 13.2 Å². The van der Waals surface area contributed by atoms with E-state index in [-0.39, 0.29) is 23.7 Å². The van der Waals surface area contributed by atoms with Crippen molar-refractivity contribution in [3.05, 3.63) is 0 Å². The van der Waals surface area contributed by atoms with E-state index < -0.39 is 11.7 Å². The number of hydrogen-bond donors (Lipinski definition) is 1. The second-order valence-electron chi connectivity index (χ2n) is 6.97. The Morgan fingerprint density at radius 1 is 0.941 bits per heavy atom. The van der Waals surface area contributed by atoms with Gasteiger partial charge in [-0.3, -0.25) is 0 Å². The smallest absolute Gasteiger partial charge is 0.304 e. The first kappa shape index (κ1) is 14.8. The summed E-state index contributed by atoms with van der Waals surface area (Å²) in [6, 6.07) is 0. The van der Waals surface area contributed by atoms with Crippen LogP contribution in [0.25, 0.3) is 0 Å². The average molecular weight is 251 g/mol. The van der Waals surface area contributed by atoms with Gasteiger partial charge in [-0.15, -0.1) is 0 Å². The lowest BCUT2D eigenvalue weighted by Crippen LogP contribution is -2.63. The largest absolute Gasteiger partial charge is 0.406 e. The Kier molecular flexibility index (Phi) is 3.61. The number of alkyl halides is 3. The minimum absolute atomic E-state index is 0.167. The zero-order valence-corrected chi connectivity index (χ0v) is 11.5. The molecule has 0 saturated heterocycles. The van der Waals surface area contributed by atoms with Crippen LogP contribution in [0.3, 0.4) is 0 Å². The molecule has 0 unspecified atom stereocenters. The van der Waals surface area contributed by atoms with Crippen LogP contribution in [0.2, 0.25) is 0 Å². The Morgan fingerprint density at radius 2 is 1.35 bits per heavy atom. The van der Waals surface area contributed by atoms with E-state index in [1.807, 2.05) is 27.7 Å². The molecular formula is C13H24F3N. The molecule has 0 aromatic rings. The summed E-state index contributed by atoms with van der Waals surface area (Å²) in [5, 5.41) is 2.72. The van der Waals surface area contributed by atoms with E-state index in [0.717, 1.165) is 6.42 Å². The van der Waals surface area contributed by atoms with Crippen molar-refractivity contribution in [2.75, 3.05) is 6.54 Å². The summed E-state index contributed by atoms with van der Waals surface area (Å²) in [5.74, 6) is 0. The molecule has 1 N–H and O–H groups in total. The van der Waals surface area contributed by atoms with E-state index in [9.17, 15) is 13.2 Å². The summed E-state index contributed by atoms with van der Waals surface area (Å²) in [4.78, 5) is 0. The lowest BCUT2D eigenvalue weighted by atomic mass is 9.58. The molecular weight excluding hydrogens is 227 g/mol. The van der Waals surface area contributed by atoms with Crippen LogP contribution in [0.4, 0.5) is 13.2 Å². The fraction of sp³-hybridized carbons (Fsp3) is 1.00. The summed E-state index contributed by atoms with van der Waals surface area (Å²) < 4.78 is 40.2. The number of nitrogens with one attached hydrogen (secondary N) is 1. The topological polar surface area (TPSA) is 12.0 Å². The predicted octanol–water partition coefficient (Wildman–Crippen LogP) is 4.13. The molecule has 0 aromatic carbocycles. The van der Waals surface area contributed by atoms with Gasteiger partial charge in [0.05, 0.1) is 0 Å². The molecule has 1 saturated carbocycles. The highest BCUT2D eigenvalue weighted by atomic mass is 19.4. The first-order chi connectivity index (χ1) is 7.43. The number of halogens is 3. The van der Waals surface area contributed by atoms with Crippen LogP contribution >= 0.6 is 0 Å². The van der Waals surface area contributed by atoms with Crippen LogP contribution in [0, 0.1) is 10.8 Å². The van der Waals surface area contributed by atoms with Crippen LogP contribution in [-0.4, -0.2) is 18.3 Å². The molecule has 4 heteroatoms. The summed E-state index contributed by atoms with van der Waals surface area (Å²) in [6.07, 6.45) is -3.01. The van der Waals surface area contributed by atoms with Gasteiger partial charge in [0.1, 0.15) is 5.54 Å². The van der Waals surface area contributed by atoms with Crippen LogP contribution in [0.1, 0.15) is 53.9 Å². The van der Waals surface area contributed by atoms with Crippen molar-refractivity contribution in [3.8, 4) is 0 Å². The fourth-order valence-corrected chi connectivity index (χ4v) is 3.88. The Bertz CT molecular complexity index is 263. The SMILES string of the molecule is CCNC1(C(F)(F)F)CC(C)(C)CC(C)(C)C1. The van der Waals surface area contributed by atoms with Gasteiger partial charge < -0.3 is 5.32 Å². The van der Waals surface area contributed by atoms with Crippen LogP contribution in [0.15, 0.2) is 0 Å². The first-order valence-corrected chi connectivity index (χ1v) is 6.25. The van der Waals surface area contributed by atoms with E-state index in [0.29, 0.717) is 6.54 Å². The normalized spacial score (nSPS) is 26.8. The molecule has 0 spiro atoms. The van der Waals surface area contributed by atoms with E-state index in [1.54, 1.807) is 6.92 Å². The van der Waals surface area contributed by atoms with Crippen molar-refractivity contribution in [2.24, 2.45) is 10.8 Å². The van der Waals surface area contributed by atoms with Gasteiger partial charge >= 0.3 is 6.18 Å². The summed E-state index contributed by atoms with van der Waals surface area (Å²) >= 11 is 0. The maximum atomic E-state index is 13.4. The van der Waals surface area contributed by atoms with Crippen LogP contribution in [-0.2, 0) is 0 Å². The molecule has 0 atom stereocenters. The molecule has 1 aliphatic carbocycles. The van der Waals surface area contributed by atoms with Crippen LogP contribution < -0.4 is 5.32 Å². The Hall–Kier alpha value is -0.250. The Balaban J connectivity index is 3.13. The Morgan fingerprint density at radius 3 is 1.65 bits per heavy atom. The molecule has 102 valence electrons. The van der Waals surface area contributed by atoms with Gasteiger partial charge in [-0.1, -0.05) is 34.6 Å². The first-order valence-electron chi connectivity index (χ1n) is 6.25. The molecule has 0 bridgehead atoms. The van der Waals surface area contributed by atoms with Gasteiger partial charge in [0.15, 0.2) is 0 Å². The highest BCUT2D eigenvalue weighted by Crippen LogP contribution is 2.54. The average Bonchev–Trinajstić information content (AvgIpc) is 1.95. The fourth-order valence-electron chi connectivity index (χ4n) is 3.88. The molecule has 0 radical (unpaired) electrons. The van der Waals surface area contributed by atoms with Crippen LogP contribution in [0.5, 0.6) is 0 Å². The quantitative estimate of drug-likeness (QED) is 0.778. The predicted molar refractivity (Wildman–Crippen MR) is 63.9 cm³/mol. The van der Waals surface area contributed by atoms with Crippen molar-refractivity contribution in [3.63, 3.8) is 0 Å². The molecule has 1 aliphatic rings. The summed E-state index contributed by atoms with van der Waals surface area (Å²) in [6.45, 7) is 9.84. The van der Waals surface area contributed by atoms with Crippen molar-refractivity contribution >= 4 is 0 Å². The van der Waals surface area contributed by atoms with Gasteiger partial charge in [-0.25, -0.2) is 0 Å². The van der Waals surface area contributed by atoms with E-state index in [1.165, 1.54) is 0 Å². The van der Waals surface area contributed by atoms with Crippen molar-refractivity contribution in [1.82, 2.24) is 5.32 Å². The van der Waals surface area contributed by atoms with Gasteiger partial charge in [-0.05, 0) is 36.6 Å². The Labute approximate surface area is 102 Å². The van der Waals surface area contributed by atoms with E-state index in [2.05, 4.69) is 5.32 Å². The summed E-state index contributed by atoms with van der Waals surface area (Å²) in [7, 11) is 0. The molecule has 17 heavy (non-hydrogen) atoms. The zero-order valence-electron chi connectivity index (χ0n) is 11.5. The van der Waals surface area contributed by atoms with Gasteiger partial charge in [0.25, 0.3) is 0 Å². The van der Waals surface area contributed by atoms with E-state index in [4.69, 9.17) is 0 Å². The zero-order chi connectivity index (χ0) is 13.5. The highest BCUT2D eigenvalue weighted by Gasteiger charge is 2.60. The molecule has 0 aliphatic heterocycles. The molecule has 0 amide bonds. The molecule has 1 fully saturated rings. The monoisotopic (exact) mass is 251 g/mol. The number of hydrogen-bond acceptors (Lipinski definition) is 1. The van der Waals surface area contributed by atoms with Gasteiger partial charge in [0, 0.05) is 0 Å². The second kappa shape index (κ2) is 4.15. The maximum absolute atomic E-state index is 13.4. The summed E-state index contributed by atoms with van der Waals surface area (Å²) in [5.41, 5.74) is -2.27. The standard InChI is InChI=1S/C13H24F3N/c1-6-17-12(13(14,15)16)8-10(2,3)7-11(4,5)9-12/h17H,6-9H2,1-5H3. The molecule has 1 rings (SSSR count). The van der Waals surface area contributed by atoms with Gasteiger partial charge in [0.2, 0.25) is 0 Å². The number of rotatable bonds is 2. The minimum atomic E-state index is -4.18. The highest BCUT2D eigenvalue weighted by molar-refractivity contribution is 5.06. The maximum Gasteiger partial charge on any atom is 0.406 e. The van der Waals surface area contributed by atoms with Crippen molar-refractivity contribution in [1.29, 1.82) is 0 Å². The minimum Gasteiger partial charge on any atom is -0.304 e. The molecule has 0 aromatic heterocycles. The third-order valence-electron chi connectivity index (χ3n) is 3.58. The van der Waals surface area contributed by atoms with Crippen molar-refractivity contribution < 1.29 is 13.2 Å². The van der Waals surface area contributed by atoms with E-state index >= 15 is 0 Å².